The van der Waals surface area contributed by atoms with Gasteiger partial charge in [-0.3, -0.25) is 4.90 Å². The van der Waals surface area contributed by atoms with Gasteiger partial charge in [0.1, 0.15) is 5.01 Å². The Kier molecular flexibility index (Phi) is 6.01. The molecule has 0 saturated carbocycles. The lowest BCUT2D eigenvalue weighted by molar-refractivity contribution is 0.0372. The van der Waals surface area contributed by atoms with E-state index in [-0.39, 0.29) is 0 Å². The van der Waals surface area contributed by atoms with Crippen LogP contribution < -0.4 is 14.8 Å². The summed E-state index contributed by atoms with van der Waals surface area (Å²) in [4.78, 5) is 7.22. The molecule has 2 aromatic rings. The number of nitrogens with one attached hydrogen (secondary N) is 1. The average Bonchev–Trinajstić information content (AvgIpc) is 3.34. The summed E-state index contributed by atoms with van der Waals surface area (Å²) in [7, 11) is 0. The molecule has 3 heterocycles. The third-order valence-corrected chi connectivity index (χ3v) is 5.60. The topological polar surface area (TPSA) is 55.9 Å². The zero-order chi connectivity index (χ0) is 17.6. The zero-order valence-corrected chi connectivity index (χ0v) is 15.7. The van der Waals surface area contributed by atoms with Crippen molar-refractivity contribution in [3.8, 4) is 22.1 Å². The molecule has 2 aliphatic rings. The standard InChI is InChI=1S/C19H25N3O3S/c1(2-6-22-7-9-23-10-8-22)5-20-12-16-13-26-19(21-16)15-3-4-17-18(11-15)25-14-24-17/h3-4,11,13,20H,1-2,5-10,12,14H2. The molecule has 1 N–H and O–H groups in total. The fourth-order valence-electron chi connectivity index (χ4n) is 3.18. The number of hydrogen-bond acceptors (Lipinski definition) is 7. The van der Waals surface area contributed by atoms with Crippen LogP contribution in [0.2, 0.25) is 0 Å². The first-order chi connectivity index (χ1) is 12.9. The van der Waals surface area contributed by atoms with Crippen molar-refractivity contribution in [1.29, 1.82) is 0 Å². The number of rotatable bonds is 8. The Hall–Kier alpha value is -1.67. The first kappa shape index (κ1) is 17.7. The van der Waals surface area contributed by atoms with Crippen LogP contribution in [0.25, 0.3) is 10.6 Å². The van der Waals surface area contributed by atoms with E-state index in [9.17, 15) is 0 Å². The van der Waals surface area contributed by atoms with Gasteiger partial charge in [0.25, 0.3) is 0 Å². The molecule has 0 aliphatic carbocycles. The summed E-state index contributed by atoms with van der Waals surface area (Å²) in [6.45, 7) is 7.25. The number of unbranched alkanes of at least 4 members (excludes halogenated alkanes) is 1. The first-order valence-corrected chi connectivity index (χ1v) is 10.1. The van der Waals surface area contributed by atoms with Crippen molar-refractivity contribution in [3.05, 3.63) is 29.3 Å². The molecule has 0 atom stereocenters. The van der Waals surface area contributed by atoms with Crippen LogP contribution in [0.4, 0.5) is 0 Å². The molecule has 0 bridgehead atoms. The lowest BCUT2D eigenvalue weighted by Gasteiger charge is -2.26. The summed E-state index contributed by atoms with van der Waals surface area (Å²) in [5.41, 5.74) is 2.17. The molecular formula is C19H25N3O3S. The fourth-order valence-corrected chi connectivity index (χ4v) is 3.99. The monoisotopic (exact) mass is 375 g/mol. The number of morpholine rings is 1. The van der Waals surface area contributed by atoms with Crippen LogP contribution in [-0.4, -0.2) is 56.1 Å². The second kappa shape index (κ2) is 8.81. The van der Waals surface area contributed by atoms with E-state index in [1.54, 1.807) is 11.3 Å². The largest absolute Gasteiger partial charge is 0.454 e. The van der Waals surface area contributed by atoms with E-state index < -0.39 is 0 Å². The summed E-state index contributed by atoms with van der Waals surface area (Å²) in [6.07, 6.45) is 2.42. The summed E-state index contributed by atoms with van der Waals surface area (Å²) in [5, 5.41) is 6.65. The summed E-state index contributed by atoms with van der Waals surface area (Å²) in [6, 6.07) is 5.99. The highest BCUT2D eigenvalue weighted by Gasteiger charge is 2.15. The van der Waals surface area contributed by atoms with Crippen LogP contribution in [-0.2, 0) is 11.3 Å². The Bertz CT molecular complexity index is 716. The van der Waals surface area contributed by atoms with Crippen molar-refractivity contribution in [1.82, 2.24) is 15.2 Å². The molecule has 0 spiro atoms. The highest BCUT2D eigenvalue weighted by Crippen LogP contribution is 2.36. The van der Waals surface area contributed by atoms with Gasteiger partial charge in [0.05, 0.1) is 18.9 Å². The molecule has 7 heteroatoms. The summed E-state index contributed by atoms with van der Waals surface area (Å²) in [5.74, 6) is 1.61. The van der Waals surface area contributed by atoms with Crippen molar-refractivity contribution in [2.24, 2.45) is 0 Å². The quantitative estimate of drug-likeness (QED) is 0.716. The molecule has 1 aromatic carbocycles. The number of hydrogen-bond donors (Lipinski definition) is 1. The molecule has 2 aliphatic heterocycles. The van der Waals surface area contributed by atoms with Gasteiger partial charge in [-0.2, -0.15) is 0 Å². The summed E-state index contributed by atoms with van der Waals surface area (Å²) < 4.78 is 16.2. The van der Waals surface area contributed by atoms with Crippen molar-refractivity contribution in [2.75, 3.05) is 46.2 Å². The van der Waals surface area contributed by atoms with Gasteiger partial charge in [-0.15, -0.1) is 11.3 Å². The van der Waals surface area contributed by atoms with Crippen molar-refractivity contribution in [2.45, 2.75) is 19.4 Å². The summed E-state index contributed by atoms with van der Waals surface area (Å²) >= 11 is 1.67. The molecule has 1 fully saturated rings. The Balaban J connectivity index is 1.18. The van der Waals surface area contributed by atoms with E-state index in [1.807, 2.05) is 18.2 Å². The number of fused-ring (bicyclic) bond motifs is 1. The Morgan fingerprint density at radius 2 is 2.00 bits per heavy atom. The number of benzene rings is 1. The molecule has 0 amide bonds. The third-order valence-electron chi connectivity index (χ3n) is 4.66. The van der Waals surface area contributed by atoms with Crippen LogP contribution in [0.1, 0.15) is 18.5 Å². The number of aromatic nitrogens is 1. The maximum absolute atomic E-state index is 5.45. The SMILES string of the molecule is c1cc2c(cc1-c1nc(CNCCCCN3CCOCC3)cs1)OCO2. The van der Waals surface area contributed by atoms with Crippen LogP contribution in [0.15, 0.2) is 23.6 Å². The van der Waals surface area contributed by atoms with E-state index >= 15 is 0 Å². The van der Waals surface area contributed by atoms with E-state index in [0.717, 1.165) is 67.2 Å². The molecule has 6 nitrogen and oxygen atoms in total. The Morgan fingerprint density at radius 1 is 1.12 bits per heavy atom. The van der Waals surface area contributed by atoms with Gasteiger partial charge in [-0.25, -0.2) is 4.98 Å². The van der Waals surface area contributed by atoms with Crippen LogP contribution >= 0.6 is 11.3 Å². The fraction of sp³-hybridized carbons (Fsp3) is 0.526. The molecule has 0 radical (unpaired) electrons. The first-order valence-electron chi connectivity index (χ1n) is 9.24. The van der Waals surface area contributed by atoms with Gasteiger partial charge < -0.3 is 19.5 Å². The molecule has 1 aromatic heterocycles. The lowest BCUT2D eigenvalue weighted by Crippen LogP contribution is -2.37. The lowest BCUT2D eigenvalue weighted by atomic mass is 10.2. The van der Waals surface area contributed by atoms with Gasteiger partial charge in [-0.1, -0.05) is 0 Å². The van der Waals surface area contributed by atoms with Gasteiger partial charge in [0.2, 0.25) is 6.79 Å². The normalized spacial score (nSPS) is 16.9. The maximum Gasteiger partial charge on any atom is 0.231 e. The molecular weight excluding hydrogens is 350 g/mol. The Morgan fingerprint density at radius 3 is 2.92 bits per heavy atom. The average molecular weight is 375 g/mol. The van der Waals surface area contributed by atoms with Gasteiger partial charge in [0, 0.05) is 30.6 Å². The van der Waals surface area contributed by atoms with Crippen LogP contribution in [0.5, 0.6) is 11.5 Å². The maximum atomic E-state index is 5.45. The van der Waals surface area contributed by atoms with Crippen molar-refractivity contribution < 1.29 is 14.2 Å². The molecule has 26 heavy (non-hydrogen) atoms. The van der Waals surface area contributed by atoms with Crippen molar-refractivity contribution >= 4 is 11.3 Å². The Labute approximate surface area is 158 Å². The van der Waals surface area contributed by atoms with E-state index in [4.69, 9.17) is 19.2 Å². The minimum absolute atomic E-state index is 0.303. The third kappa shape index (κ3) is 4.54. The van der Waals surface area contributed by atoms with Gasteiger partial charge in [-0.05, 0) is 44.1 Å². The second-order valence-corrected chi connectivity index (χ2v) is 7.41. The molecule has 1 saturated heterocycles. The predicted molar refractivity (Wildman–Crippen MR) is 102 cm³/mol. The zero-order valence-electron chi connectivity index (χ0n) is 14.9. The number of thiazole rings is 1. The minimum Gasteiger partial charge on any atom is -0.454 e. The van der Waals surface area contributed by atoms with E-state index in [1.165, 1.54) is 19.4 Å². The van der Waals surface area contributed by atoms with Crippen LogP contribution in [0.3, 0.4) is 0 Å². The smallest absolute Gasteiger partial charge is 0.231 e. The predicted octanol–water partition coefficient (Wildman–Crippen LogP) is 2.74. The second-order valence-electron chi connectivity index (χ2n) is 6.55. The highest BCUT2D eigenvalue weighted by molar-refractivity contribution is 7.13. The van der Waals surface area contributed by atoms with Gasteiger partial charge in [0.15, 0.2) is 11.5 Å². The van der Waals surface area contributed by atoms with Crippen LogP contribution in [0, 0.1) is 0 Å². The van der Waals surface area contributed by atoms with E-state index in [2.05, 4.69) is 15.6 Å². The molecule has 0 unspecified atom stereocenters. The van der Waals surface area contributed by atoms with Crippen molar-refractivity contribution in [3.63, 3.8) is 0 Å². The molecule has 4 rings (SSSR count). The minimum atomic E-state index is 0.303. The number of nitrogens with zero attached hydrogens (tertiary/aromatic N) is 2. The van der Waals surface area contributed by atoms with E-state index in [0.29, 0.717) is 6.79 Å². The highest BCUT2D eigenvalue weighted by atomic mass is 32.1. The van der Waals surface area contributed by atoms with Gasteiger partial charge >= 0.3 is 0 Å². The molecule has 140 valence electrons. The number of ether oxygens (including phenoxy) is 3.